The summed E-state index contributed by atoms with van der Waals surface area (Å²) in [7, 11) is 0. The number of hydrogen-bond donors (Lipinski definition) is 1. The van der Waals surface area contributed by atoms with Crippen LogP contribution in [0.5, 0.6) is 0 Å². The van der Waals surface area contributed by atoms with Crippen LogP contribution in [0.15, 0.2) is 53.4 Å². The lowest BCUT2D eigenvalue weighted by molar-refractivity contribution is -0.136. The topological polar surface area (TPSA) is 54.4 Å². The summed E-state index contributed by atoms with van der Waals surface area (Å²) in [4.78, 5) is 23.1. The van der Waals surface area contributed by atoms with Crippen LogP contribution in [-0.4, -0.2) is 16.9 Å². The molecule has 5 heteroatoms. The van der Waals surface area contributed by atoms with Gasteiger partial charge in [0.15, 0.2) is 5.78 Å². The summed E-state index contributed by atoms with van der Waals surface area (Å²) >= 11 is 1.48. The van der Waals surface area contributed by atoms with Crippen molar-refractivity contribution in [2.45, 2.75) is 23.5 Å². The fraction of sp³-hybridized carbons (Fsp3) is 0.176. The molecule has 3 nitrogen and oxygen atoms in total. The first kappa shape index (κ1) is 16.2. The van der Waals surface area contributed by atoms with E-state index in [4.69, 9.17) is 5.11 Å². The molecule has 2 rings (SSSR count). The number of hydrogen-bond acceptors (Lipinski definition) is 3. The smallest absolute Gasteiger partial charge is 0.303 e. The summed E-state index contributed by atoms with van der Waals surface area (Å²) < 4.78 is 13.5. The minimum absolute atomic E-state index is 0.00293. The number of carbonyl (C=O) groups is 2. The second-order valence-corrected chi connectivity index (χ2v) is 5.77. The van der Waals surface area contributed by atoms with Crippen LogP contribution in [0.3, 0.4) is 0 Å². The summed E-state index contributed by atoms with van der Waals surface area (Å²) in [6, 6.07) is 13.6. The maximum Gasteiger partial charge on any atom is 0.303 e. The highest BCUT2D eigenvalue weighted by Gasteiger charge is 2.08. The van der Waals surface area contributed by atoms with Crippen LogP contribution >= 0.6 is 11.8 Å². The molecule has 0 fully saturated rings. The summed E-state index contributed by atoms with van der Waals surface area (Å²) in [5.74, 6) is -0.882. The number of rotatable bonds is 7. The van der Waals surface area contributed by atoms with E-state index in [1.807, 2.05) is 0 Å². The van der Waals surface area contributed by atoms with E-state index in [1.54, 1.807) is 42.5 Å². The first-order valence-electron chi connectivity index (χ1n) is 6.77. The molecule has 0 saturated carbocycles. The van der Waals surface area contributed by atoms with Crippen LogP contribution in [0, 0.1) is 5.82 Å². The van der Waals surface area contributed by atoms with Gasteiger partial charge in [-0.2, -0.15) is 0 Å². The van der Waals surface area contributed by atoms with Crippen LogP contribution in [0.2, 0.25) is 0 Å². The van der Waals surface area contributed by atoms with Gasteiger partial charge >= 0.3 is 5.97 Å². The number of halogens is 1. The lowest BCUT2D eigenvalue weighted by atomic mass is 10.1. The van der Waals surface area contributed by atoms with Crippen molar-refractivity contribution in [2.24, 2.45) is 0 Å². The quantitative estimate of drug-likeness (QED) is 0.615. The van der Waals surface area contributed by atoms with Gasteiger partial charge in [-0.1, -0.05) is 30.3 Å². The number of carboxylic acid groups (broad SMARTS) is 1. The normalized spacial score (nSPS) is 10.4. The molecule has 114 valence electrons. The SMILES string of the molecule is O=C(O)CCC(=O)c1ccc(SCc2ccccc2F)cc1. The lowest BCUT2D eigenvalue weighted by Gasteiger charge is -2.05. The Morgan fingerprint density at radius 1 is 1.00 bits per heavy atom. The Bertz CT molecular complexity index is 668. The predicted octanol–water partition coefficient (Wildman–Crippen LogP) is 4.17. The van der Waals surface area contributed by atoms with Crippen molar-refractivity contribution < 1.29 is 19.1 Å². The zero-order valence-corrected chi connectivity index (χ0v) is 12.6. The minimum atomic E-state index is -0.981. The van der Waals surface area contributed by atoms with Crippen LogP contribution in [0.1, 0.15) is 28.8 Å². The van der Waals surface area contributed by atoms with Crippen molar-refractivity contribution in [3.63, 3.8) is 0 Å². The standard InChI is InChI=1S/C17H15FO3S/c18-15-4-2-1-3-13(15)11-22-14-7-5-12(6-8-14)16(19)9-10-17(20)21/h1-8H,9-11H2,(H,20,21). The molecule has 22 heavy (non-hydrogen) atoms. The van der Waals surface area contributed by atoms with Gasteiger partial charge in [0.2, 0.25) is 0 Å². The highest BCUT2D eigenvalue weighted by Crippen LogP contribution is 2.24. The molecule has 2 aromatic rings. The van der Waals surface area contributed by atoms with E-state index in [0.29, 0.717) is 16.9 Å². The highest BCUT2D eigenvalue weighted by atomic mass is 32.2. The molecule has 0 unspecified atom stereocenters. The fourth-order valence-corrected chi connectivity index (χ4v) is 2.76. The third kappa shape index (κ3) is 4.70. The van der Waals surface area contributed by atoms with Gasteiger partial charge in [0.25, 0.3) is 0 Å². The van der Waals surface area contributed by atoms with Gasteiger partial charge in [0.1, 0.15) is 5.82 Å². The van der Waals surface area contributed by atoms with Crippen molar-refractivity contribution in [3.05, 3.63) is 65.5 Å². The average molecular weight is 318 g/mol. The molecular formula is C17H15FO3S. The number of Topliss-reactive ketones (excluding diaryl/α,β-unsaturated/α-hetero) is 1. The van der Waals surface area contributed by atoms with Crippen molar-refractivity contribution in [1.29, 1.82) is 0 Å². The summed E-state index contributed by atoms with van der Waals surface area (Å²) in [6.45, 7) is 0. The molecule has 2 aromatic carbocycles. The molecule has 1 N–H and O–H groups in total. The first-order valence-corrected chi connectivity index (χ1v) is 7.76. The zero-order chi connectivity index (χ0) is 15.9. The summed E-state index contributed by atoms with van der Waals surface area (Å²) in [5.41, 5.74) is 1.13. The van der Waals surface area contributed by atoms with Crippen LogP contribution in [0.4, 0.5) is 4.39 Å². The van der Waals surface area contributed by atoms with Gasteiger partial charge in [-0.15, -0.1) is 11.8 Å². The number of benzene rings is 2. The number of ketones is 1. The maximum absolute atomic E-state index is 13.5. The van der Waals surface area contributed by atoms with E-state index in [-0.39, 0.29) is 24.4 Å². The van der Waals surface area contributed by atoms with Crippen molar-refractivity contribution in [2.75, 3.05) is 0 Å². The molecule has 0 radical (unpaired) electrons. The van der Waals surface area contributed by atoms with E-state index >= 15 is 0 Å². The largest absolute Gasteiger partial charge is 0.481 e. The molecule has 0 amide bonds. The molecule has 0 bridgehead atoms. The zero-order valence-electron chi connectivity index (χ0n) is 11.8. The number of carbonyl (C=O) groups excluding carboxylic acids is 1. The van der Waals surface area contributed by atoms with Crippen molar-refractivity contribution in [3.8, 4) is 0 Å². The monoisotopic (exact) mass is 318 g/mol. The van der Waals surface area contributed by atoms with Gasteiger partial charge in [0.05, 0.1) is 6.42 Å². The van der Waals surface area contributed by atoms with Gasteiger partial charge in [-0.05, 0) is 23.8 Å². The third-order valence-electron chi connectivity index (χ3n) is 3.09. The fourth-order valence-electron chi connectivity index (χ4n) is 1.88. The third-order valence-corrected chi connectivity index (χ3v) is 4.16. The van der Waals surface area contributed by atoms with Gasteiger partial charge < -0.3 is 5.11 Å². The molecule has 0 spiro atoms. The Morgan fingerprint density at radius 3 is 2.32 bits per heavy atom. The van der Waals surface area contributed by atoms with E-state index in [1.165, 1.54) is 17.8 Å². The molecule has 0 atom stereocenters. The molecule has 0 aromatic heterocycles. The molecular weight excluding hydrogens is 303 g/mol. The Labute approximate surface area is 132 Å². The van der Waals surface area contributed by atoms with Gasteiger partial charge in [-0.25, -0.2) is 4.39 Å². The number of thioether (sulfide) groups is 1. The Morgan fingerprint density at radius 2 is 1.68 bits per heavy atom. The second-order valence-electron chi connectivity index (χ2n) is 4.72. The van der Waals surface area contributed by atoms with Gasteiger partial charge in [-0.3, -0.25) is 9.59 Å². The lowest BCUT2D eigenvalue weighted by Crippen LogP contribution is -2.03. The van der Waals surface area contributed by atoms with E-state index < -0.39 is 5.97 Å². The molecule has 0 aliphatic heterocycles. The van der Waals surface area contributed by atoms with Crippen LogP contribution < -0.4 is 0 Å². The Hall–Kier alpha value is -2.14. The molecule has 0 heterocycles. The number of carboxylic acids is 1. The van der Waals surface area contributed by atoms with E-state index in [9.17, 15) is 14.0 Å². The van der Waals surface area contributed by atoms with E-state index in [2.05, 4.69) is 0 Å². The Balaban J connectivity index is 1.93. The summed E-state index contributed by atoms with van der Waals surface area (Å²) in [5, 5.41) is 8.57. The first-order chi connectivity index (χ1) is 10.6. The predicted molar refractivity (Wildman–Crippen MR) is 83.6 cm³/mol. The maximum atomic E-state index is 13.5. The summed E-state index contributed by atoms with van der Waals surface area (Å²) in [6.07, 6.45) is -0.167. The van der Waals surface area contributed by atoms with Crippen LogP contribution in [-0.2, 0) is 10.5 Å². The Kier molecular flexibility index (Phi) is 5.72. The minimum Gasteiger partial charge on any atom is -0.481 e. The molecule has 0 saturated heterocycles. The number of aliphatic carboxylic acids is 1. The average Bonchev–Trinajstić information content (AvgIpc) is 2.52. The van der Waals surface area contributed by atoms with Crippen molar-refractivity contribution >= 4 is 23.5 Å². The van der Waals surface area contributed by atoms with Gasteiger partial charge in [0, 0.05) is 22.6 Å². The molecule has 0 aliphatic carbocycles. The highest BCUT2D eigenvalue weighted by molar-refractivity contribution is 7.98. The van der Waals surface area contributed by atoms with E-state index in [0.717, 1.165) is 4.90 Å². The van der Waals surface area contributed by atoms with Crippen molar-refractivity contribution in [1.82, 2.24) is 0 Å². The molecule has 0 aliphatic rings. The second kappa shape index (κ2) is 7.75. The van der Waals surface area contributed by atoms with Crippen LogP contribution in [0.25, 0.3) is 0 Å².